The monoisotopic (exact) mass is 1650 g/mol. The Morgan fingerprint density at radius 2 is 0.830 bits per heavy atom. The van der Waals surface area contributed by atoms with Crippen molar-refractivity contribution in [2.24, 2.45) is 5.73 Å². The van der Waals surface area contributed by atoms with E-state index in [1.165, 1.54) is 14.7 Å². The lowest BCUT2D eigenvalue weighted by Crippen LogP contribution is -2.52. The van der Waals surface area contributed by atoms with Crippen LogP contribution in [0.4, 0.5) is 24.0 Å². The van der Waals surface area contributed by atoms with Crippen molar-refractivity contribution in [3.05, 3.63) is 105 Å². The summed E-state index contributed by atoms with van der Waals surface area (Å²) < 4.78 is 57.7. The maximum atomic E-state index is 12.4. The van der Waals surface area contributed by atoms with Gasteiger partial charge in [0.1, 0.15) is 47.6 Å². The highest BCUT2D eigenvalue weighted by Gasteiger charge is 2.45. The average molecular weight is 1660 g/mol. The molecule has 11 amide bonds. The molecule has 3 aromatic rings. The number of carbonyl (C=O) groups is 11. The minimum absolute atomic E-state index is 0.0281. The van der Waals surface area contributed by atoms with E-state index < -0.39 is 95.8 Å². The molecule has 9 fully saturated rings. The van der Waals surface area contributed by atoms with E-state index >= 15 is 0 Å². The van der Waals surface area contributed by atoms with E-state index in [0.29, 0.717) is 91.4 Å². The number of nitrogens with one attached hydrogen (secondary N) is 6. The van der Waals surface area contributed by atoms with E-state index in [1.807, 2.05) is 114 Å². The number of alkyl carbamates (subject to hydrolysis) is 2. The summed E-state index contributed by atoms with van der Waals surface area (Å²) >= 11 is 9.52. The molecule has 33 nitrogen and oxygen atoms in total. The summed E-state index contributed by atoms with van der Waals surface area (Å²) in [6.07, 6.45) is 2.97. The summed E-state index contributed by atoms with van der Waals surface area (Å²) in [5.74, 6) is 13.0. The maximum absolute atomic E-state index is 12.4. The number of nitrogens with two attached hydrogens (primary N) is 1. The van der Waals surface area contributed by atoms with Crippen molar-refractivity contribution in [3.63, 3.8) is 0 Å². The van der Waals surface area contributed by atoms with Crippen LogP contribution in [0, 0.1) is 40.8 Å². The topological polar surface area (TPSA) is 408 Å². The summed E-state index contributed by atoms with van der Waals surface area (Å²) in [6, 6.07) is 20.5. The third-order valence-electron chi connectivity index (χ3n) is 18.1. The summed E-state index contributed by atoms with van der Waals surface area (Å²) in [5.41, 5.74) is 8.87. The Hall–Kier alpha value is -9.65. The van der Waals surface area contributed by atoms with Crippen LogP contribution in [0.1, 0.15) is 126 Å². The number of amides is 11. The van der Waals surface area contributed by atoms with E-state index in [9.17, 15) is 52.7 Å². The first-order valence-corrected chi connectivity index (χ1v) is 37.9. The van der Waals surface area contributed by atoms with Gasteiger partial charge in [-0.25, -0.2) is 28.8 Å². The first-order chi connectivity index (χ1) is 53.5. The minimum Gasteiger partial charge on any atom is -0.444 e. The first-order valence-electron chi connectivity index (χ1n) is 36.4. The third kappa shape index (κ3) is 28.5. The first kappa shape index (κ1) is 89.6. The Morgan fingerprint density at radius 1 is 0.518 bits per heavy atom. The van der Waals surface area contributed by atoms with Crippen molar-refractivity contribution in [1.29, 1.82) is 4.78 Å². The lowest BCUT2D eigenvalue weighted by molar-refractivity contribution is -0.138. The molecule has 0 bridgehead atoms. The molecular formula is C76H96BrN13O20S2. The van der Waals surface area contributed by atoms with Gasteiger partial charge in [-0.15, -0.1) is 6.42 Å². The fourth-order valence-electron chi connectivity index (χ4n) is 12.7. The van der Waals surface area contributed by atoms with Crippen molar-refractivity contribution in [3.8, 4) is 36.0 Å². The molecule has 0 saturated carbocycles. The molecule has 112 heavy (non-hydrogen) atoms. The summed E-state index contributed by atoms with van der Waals surface area (Å²) in [6.45, 7) is 21.4. The number of ether oxygens (including phenoxy) is 8. The zero-order chi connectivity index (χ0) is 81.7. The molecule has 8 N–H and O–H groups in total. The van der Waals surface area contributed by atoms with Gasteiger partial charge in [-0.3, -0.25) is 74.1 Å². The molecule has 9 aliphatic rings. The number of carbonyl (C=O) groups excluding carboxylic acids is 11. The van der Waals surface area contributed by atoms with Crippen LogP contribution in [0.3, 0.4) is 0 Å². The van der Waals surface area contributed by atoms with Crippen molar-refractivity contribution in [2.45, 2.75) is 146 Å². The van der Waals surface area contributed by atoms with E-state index in [0.717, 1.165) is 65.0 Å². The fourth-order valence-corrected chi connectivity index (χ4v) is 13.0. The van der Waals surface area contributed by atoms with E-state index in [-0.39, 0.29) is 68.4 Å². The Labute approximate surface area is 669 Å². The maximum Gasteiger partial charge on any atom is 0.411 e. The van der Waals surface area contributed by atoms with Gasteiger partial charge < -0.3 is 54.3 Å². The highest BCUT2D eigenvalue weighted by atomic mass is 79.9. The summed E-state index contributed by atoms with van der Waals surface area (Å²) in [5, 5.41) is 12.3. The zero-order valence-electron chi connectivity index (χ0n) is 63.3. The lowest BCUT2D eigenvalue weighted by atomic mass is 10.0. The molecule has 604 valence electrons. The predicted octanol–water partition coefficient (Wildman–Crippen LogP) is 4.11. The predicted molar refractivity (Wildman–Crippen MR) is 410 cm³/mol. The van der Waals surface area contributed by atoms with Crippen molar-refractivity contribution >= 4 is 107 Å². The van der Waals surface area contributed by atoms with Crippen LogP contribution in [0.25, 0.3) is 0 Å². The lowest BCUT2D eigenvalue weighted by Gasteiger charge is -2.31. The molecule has 0 spiro atoms. The number of imide groups is 3. The van der Waals surface area contributed by atoms with Crippen molar-refractivity contribution in [1.82, 2.24) is 56.0 Å². The summed E-state index contributed by atoms with van der Waals surface area (Å²) in [4.78, 5) is 141. The van der Waals surface area contributed by atoms with Crippen LogP contribution in [0.15, 0.2) is 77.3 Å². The van der Waals surface area contributed by atoms with E-state index in [2.05, 4.69) is 112 Å². The Balaban J connectivity index is 0.000000212. The third-order valence-corrected chi connectivity index (χ3v) is 18.7. The van der Waals surface area contributed by atoms with Crippen LogP contribution < -0.4 is 32.3 Å². The zero-order valence-corrected chi connectivity index (χ0v) is 66.5. The van der Waals surface area contributed by atoms with Gasteiger partial charge in [0, 0.05) is 106 Å². The van der Waals surface area contributed by atoms with Crippen LogP contribution in [0.5, 0.6) is 0 Å². The number of terminal acetylenes is 1. The second-order valence-corrected chi connectivity index (χ2v) is 29.7. The number of rotatable bonds is 14. The van der Waals surface area contributed by atoms with Crippen LogP contribution in [-0.4, -0.2) is 265 Å². The molecular weight excluding hydrogens is 1560 g/mol. The molecule has 12 rings (SSSR count). The van der Waals surface area contributed by atoms with Gasteiger partial charge in [-0.1, -0.05) is 81.9 Å². The number of nitrogens with zero attached hydrogens (tertiary/aromatic N) is 6. The second kappa shape index (κ2) is 44.0. The normalized spacial score (nSPS) is 23.9. The molecule has 9 heterocycles. The Kier molecular flexibility index (Phi) is 35.2. The van der Waals surface area contributed by atoms with Crippen LogP contribution in [-0.2, 0) is 91.6 Å². The number of cyclic esters (lactones) is 3. The van der Waals surface area contributed by atoms with E-state index in [4.69, 9.17) is 59.0 Å². The fraction of sp³-hybridized carbons (Fsp3) is 0.539. The number of morpholine rings is 3. The number of hydrogen-bond donors (Lipinski definition) is 7. The summed E-state index contributed by atoms with van der Waals surface area (Å²) in [7, 11) is 0. The van der Waals surface area contributed by atoms with Crippen LogP contribution >= 0.6 is 15.9 Å². The second-order valence-electron chi connectivity index (χ2n) is 28.8. The molecule has 3 unspecified atom stereocenters. The Morgan fingerprint density at radius 3 is 1.14 bits per heavy atom. The molecule has 36 heteroatoms. The smallest absolute Gasteiger partial charge is 0.411 e. The largest absolute Gasteiger partial charge is 0.444 e. The Bertz CT molecular complexity index is 3950. The quantitative estimate of drug-likeness (QED) is 0.0678. The molecule has 9 saturated heterocycles. The number of hydrogen-bond acceptors (Lipinski definition) is 27. The number of benzene rings is 3. The van der Waals surface area contributed by atoms with Crippen molar-refractivity contribution < 1.29 is 94.8 Å². The molecule has 9 atom stereocenters. The minimum atomic E-state index is -0.691. The molecule has 0 radical (unpaired) electrons. The van der Waals surface area contributed by atoms with Crippen molar-refractivity contribution in [2.75, 3.05) is 118 Å². The van der Waals surface area contributed by atoms with Gasteiger partial charge in [0.15, 0.2) is 12.5 Å². The van der Waals surface area contributed by atoms with Crippen LogP contribution in [0.2, 0.25) is 0 Å². The van der Waals surface area contributed by atoms with Gasteiger partial charge in [-0.2, -0.15) is 4.21 Å². The van der Waals surface area contributed by atoms with Gasteiger partial charge in [-0.05, 0) is 114 Å². The van der Waals surface area contributed by atoms with Gasteiger partial charge >= 0.3 is 30.5 Å². The SMILES string of the molecule is C#CCN1CCO[C@@H](CNC(=O)OC(C)(C)C)C1.CC(C)(C)OC(=O)NC[C@H]1CN(CC#Cc2ccc([C@H]3CN(C4CCC(=O)NC4=O)C(=O)O3)cc2)CCO1.N=S.NC[C@H]1CN(CC#Cc2ccc([C@H]3CN(C4CCC(=O)NC4=O)C(=O)O3)cc2)CCO1.O=C1CCC(N2C[C@H](c3ccc(Br)cc3)OC2=O)C(=O)N1.O=S. The van der Waals surface area contributed by atoms with Gasteiger partial charge in [0.05, 0.1) is 77.4 Å². The average Bonchev–Trinajstić information content (AvgIpc) is 1.66. The van der Waals surface area contributed by atoms with E-state index in [1.54, 1.807) is 0 Å². The molecule has 9 aliphatic heterocycles. The molecule has 0 aliphatic carbocycles. The molecule has 0 aromatic heterocycles. The van der Waals surface area contributed by atoms with Gasteiger partial charge in [0.2, 0.25) is 35.4 Å². The highest BCUT2D eigenvalue weighted by molar-refractivity contribution is 9.10. The molecule has 3 aromatic carbocycles. The highest BCUT2D eigenvalue weighted by Crippen LogP contribution is 2.33. The standard InChI is InChI=1S/C27H34N4O7.C22H26N4O5.C14H13BrN2O4.C13H22N2O3.HNS.OS/c1-27(2,3)38-25(34)28-15-20-16-30(13-14-36-20)12-4-5-18-6-8-19(9-7-18)22-17-31(26(35)37-22)21-10-11-23(32)29-24(21)33;23-12-17-13-25(10-11-30-17)9-1-2-15-3-5-16(6-4-15)19-14-26(22(29)31-19)18-7-8-20(27)24-21(18)28;15-9-3-1-8(2-4-9)11-7-17(14(20)21-11)10-5-6-12(18)16-13(10)19;1-5-6-15-7-8-17-11(10-15)9-14-12(16)18-13(2,3)4;2*1-2/h6-9,20-22H,10-17H2,1-3H3,(H,28,34)(H,29,32,33);3-6,17-19H,7-14,23H2,(H,24,27,28);1-4,10-11H,5-7H2,(H,16,18,19);1,11H,6-10H2,2-4H3,(H,14,16);1H;/t20-,21?,22+;17-,18?,19+;10?,11-;11-;;/m0010../s1. The number of piperidine rings is 3. The van der Waals surface area contributed by atoms with Gasteiger partial charge in [0.25, 0.3) is 0 Å². The number of halogens is 1.